The lowest BCUT2D eigenvalue weighted by Crippen LogP contribution is -2.18. The third-order valence-electron chi connectivity index (χ3n) is 14.7. The summed E-state index contributed by atoms with van der Waals surface area (Å²) in [6, 6.07) is 31.8. The second kappa shape index (κ2) is 14.1. The van der Waals surface area contributed by atoms with Crippen LogP contribution in [0.5, 0.6) is 0 Å². The summed E-state index contributed by atoms with van der Waals surface area (Å²) in [7, 11) is 0. The molecule has 0 bridgehead atoms. The highest BCUT2D eigenvalue weighted by Crippen LogP contribution is 2.63. The van der Waals surface area contributed by atoms with Gasteiger partial charge in [-0.25, -0.2) is 0 Å². The largest absolute Gasteiger partial charge is 0.284 e. The van der Waals surface area contributed by atoms with Gasteiger partial charge in [-0.05, 0) is 141 Å². The number of aliphatic imine (C=N–C) groups is 1. The summed E-state index contributed by atoms with van der Waals surface area (Å²) in [5.41, 5.74) is 22.1. The van der Waals surface area contributed by atoms with Crippen molar-refractivity contribution < 1.29 is 0 Å². The Hall–Kier alpha value is -5.27. The highest BCUT2D eigenvalue weighted by Gasteiger charge is 2.45. The van der Waals surface area contributed by atoms with Crippen LogP contribution in [0.1, 0.15) is 158 Å². The molecule has 62 heavy (non-hydrogen) atoms. The molecule has 0 aromatic heterocycles. The number of dihydropyridines is 1. The normalized spacial score (nSPS) is 21.5. The van der Waals surface area contributed by atoms with Gasteiger partial charge in [0.25, 0.3) is 0 Å². The van der Waals surface area contributed by atoms with Crippen molar-refractivity contribution in [1.29, 1.82) is 0 Å². The number of allylic oxidation sites excluding steroid dienone is 7. The van der Waals surface area contributed by atoms with E-state index in [0.717, 1.165) is 12.8 Å². The molecule has 1 heterocycles. The van der Waals surface area contributed by atoms with Crippen LogP contribution in [0.25, 0.3) is 50.2 Å². The molecule has 0 spiro atoms. The van der Waals surface area contributed by atoms with Gasteiger partial charge in [-0.15, -0.1) is 0 Å². The Bertz CT molecular complexity index is 2820. The fraction of sp³-hybridized carbons (Fsp3) is 0.361. The fourth-order valence-corrected chi connectivity index (χ4v) is 11.0. The van der Waals surface area contributed by atoms with E-state index in [2.05, 4.69) is 211 Å². The first kappa shape index (κ1) is 40.8. The minimum atomic E-state index is -0.0280. The molecule has 10 rings (SSSR count). The van der Waals surface area contributed by atoms with Gasteiger partial charge in [-0.1, -0.05) is 198 Å². The number of benzene rings is 5. The maximum Gasteiger partial charge on any atom is 0.0849 e. The summed E-state index contributed by atoms with van der Waals surface area (Å²) in [5, 5.41) is 2.65. The molecule has 4 aliphatic carbocycles. The van der Waals surface area contributed by atoms with Crippen LogP contribution < -0.4 is 0 Å². The maximum atomic E-state index is 5.27. The van der Waals surface area contributed by atoms with Gasteiger partial charge < -0.3 is 0 Å². The van der Waals surface area contributed by atoms with Crippen molar-refractivity contribution in [2.75, 3.05) is 0 Å². The fourth-order valence-electron chi connectivity index (χ4n) is 11.0. The second-order valence-electron chi connectivity index (χ2n) is 23.1. The molecule has 1 nitrogen and oxygen atoms in total. The van der Waals surface area contributed by atoms with Gasteiger partial charge >= 0.3 is 0 Å². The first-order valence-electron chi connectivity index (χ1n) is 23.3. The van der Waals surface area contributed by atoms with Crippen LogP contribution >= 0.6 is 0 Å². The average molecular weight is 812 g/mol. The molecule has 314 valence electrons. The minimum Gasteiger partial charge on any atom is -0.284 e. The van der Waals surface area contributed by atoms with Crippen molar-refractivity contribution in [3.63, 3.8) is 0 Å². The minimum absolute atomic E-state index is 0.0227. The lowest BCUT2D eigenvalue weighted by atomic mass is 9.71. The van der Waals surface area contributed by atoms with Crippen LogP contribution in [0.3, 0.4) is 0 Å². The molecule has 0 N–H and O–H groups in total. The van der Waals surface area contributed by atoms with Crippen molar-refractivity contribution in [1.82, 2.24) is 0 Å². The zero-order valence-electron chi connectivity index (χ0n) is 39.3. The summed E-state index contributed by atoms with van der Waals surface area (Å²) in [5.74, 6) is 0.800. The predicted molar refractivity (Wildman–Crippen MR) is 268 cm³/mol. The SMILES string of the molecule is CC(C)(C)c1cc(-c2c3c(c(-c4cc(C(C)(C)C)cc(C(C)(C)C)c4)c4cc(C5N=CC=C6CCC=CC65)ccc24)C2=CC=CC4c5ccccc5C=C3C24)cc(C(C)(C)C)c1. The molecule has 4 atom stereocenters. The topological polar surface area (TPSA) is 12.4 Å². The van der Waals surface area contributed by atoms with Crippen molar-refractivity contribution in [3.05, 3.63) is 171 Å². The summed E-state index contributed by atoms with van der Waals surface area (Å²) in [6.45, 7) is 28.5. The van der Waals surface area contributed by atoms with Crippen LogP contribution in [-0.4, -0.2) is 6.21 Å². The zero-order chi connectivity index (χ0) is 43.7. The quantitative estimate of drug-likeness (QED) is 0.161. The monoisotopic (exact) mass is 812 g/mol. The highest BCUT2D eigenvalue weighted by molar-refractivity contribution is 6.20. The maximum absolute atomic E-state index is 5.27. The third kappa shape index (κ3) is 6.69. The standard InChI is InChI=1S/C61H65N/c1-58(2,3)41-28-39(29-42(34-41)59(4,5)6)52-48-25-24-38(57-46-21-16-13-18-36(46)26-27-62-57)33-50(48)53(40-30-43(60(7,8)9)35-44(31-40)61(10,11)12)55-49-23-17-22-47-45-20-15-14-19-37(45)32-51(54(47)49)56(52)55/h14-17,19-35,46-47,54,57H,13,18H2,1-12H3. The van der Waals surface area contributed by atoms with E-state index in [-0.39, 0.29) is 45.5 Å². The summed E-state index contributed by atoms with van der Waals surface area (Å²) >= 11 is 0. The van der Waals surface area contributed by atoms with E-state index in [1.165, 1.54) is 99.8 Å². The Morgan fingerprint density at radius 2 is 1.11 bits per heavy atom. The van der Waals surface area contributed by atoms with Crippen LogP contribution in [-0.2, 0) is 21.7 Å². The highest BCUT2D eigenvalue weighted by atomic mass is 14.8. The molecule has 0 radical (unpaired) electrons. The summed E-state index contributed by atoms with van der Waals surface area (Å²) in [6.07, 6.45) is 21.2. The Labute approximate surface area is 372 Å². The van der Waals surface area contributed by atoms with Crippen LogP contribution in [0.2, 0.25) is 0 Å². The van der Waals surface area contributed by atoms with Gasteiger partial charge in [0.1, 0.15) is 0 Å². The van der Waals surface area contributed by atoms with Crippen LogP contribution in [0.4, 0.5) is 0 Å². The lowest BCUT2D eigenvalue weighted by Gasteiger charge is -2.32. The number of hydrogen-bond donors (Lipinski definition) is 0. The molecule has 0 saturated heterocycles. The van der Waals surface area contributed by atoms with E-state index >= 15 is 0 Å². The van der Waals surface area contributed by atoms with Crippen molar-refractivity contribution in [2.24, 2.45) is 16.8 Å². The molecule has 0 amide bonds. The Morgan fingerprint density at radius 1 is 0.532 bits per heavy atom. The van der Waals surface area contributed by atoms with E-state index in [1.54, 1.807) is 0 Å². The van der Waals surface area contributed by atoms with Gasteiger partial charge in [-0.2, -0.15) is 0 Å². The van der Waals surface area contributed by atoms with E-state index in [0.29, 0.717) is 0 Å². The smallest absolute Gasteiger partial charge is 0.0849 e. The molecule has 1 heteroatoms. The Morgan fingerprint density at radius 3 is 1.73 bits per heavy atom. The van der Waals surface area contributed by atoms with Crippen molar-refractivity contribution in [3.8, 4) is 22.3 Å². The number of fused-ring (bicyclic) bond motifs is 7. The van der Waals surface area contributed by atoms with Gasteiger partial charge in [0.15, 0.2) is 0 Å². The third-order valence-corrected chi connectivity index (χ3v) is 14.7. The molecule has 0 saturated carbocycles. The molecule has 0 fully saturated rings. The molecular weight excluding hydrogens is 747 g/mol. The van der Waals surface area contributed by atoms with Crippen molar-refractivity contribution in [2.45, 2.75) is 130 Å². The molecule has 5 aliphatic rings. The number of nitrogens with zero attached hydrogens (tertiary/aromatic N) is 1. The molecule has 4 unspecified atom stereocenters. The molecule has 1 aliphatic heterocycles. The zero-order valence-corrected chi connectivity index (χ0v) is 39.3. The van der Waals surface area contributed by atoms with Gasteiger partial charge in [0, 0.05) is 24.0 Å². The van der Waals surface area contributed by atoms with Gasteiger partial charge in [0.2, 0.25) is 0 Å². The summed E-state index contributed by atoms with van der Waals surface area (Å²) in [4.78, 5) is 5.27. The van der Waals surface area contributed by atoms with Crippen LogP contribution in [0, 0.1) is 11.8 Å². The Balaban J connectivity index is 1.40. The van der Waals surface area contributed by atoms with Gasteiger partial charge in [-0.3, -0.25) is 4.99 Å². The first-order chi connectivity index (χ1) is 29.3. The lowest BCUT2D eigenvalue weighted by molar-refractivity contribution is 0.555. The molecule has 5 aromatic carbocycles. The molecule has 5 aromatic rings. The van der Waals surface area contributed by atoms with E-state index in [9.17, 15) is 0 Å². The average Bonchev–Trinajstić information content (AvgIpc) is 3.54. The van der Waals surface area contributed by atoms with Gasteiger partial charge in [0.05, 0.1) is 6.04 Å². The van der Waals surface area contributed by atoms with Crippen molar-refractivity contribution >= 4 is 34.2 Å². The summed E-state index contributed by atoms with van der Waals surface area (Å²) < 4.78 is 0. The molecular formula is C61H65N. The van der Waals surface area contributed by atoms with E-state index in [1.807, 2.05) is 0 Å². The van der Waals surface area contributed by atoms with E-state index < -0.39 is 0 Å². The van der Waals surface area contributed by atoms with Crippen LogP contribution in [0.15, 0.2) is 126 Å². The number of rotatable bonds is 3. The number of hydrogen-bond acceptors (Lipinski definition) is 1. The predicted octanol–water partition coefficient (Wildman–Crippen LogP) is 16.6. The Kier molecular flexibility index (Phi) is 9.29. The van der Waals surface area contributed by atoms with E-state index in [4.69, 9.17) is 4.99 Å². The second-order valence-corrected chi connectivity index (χ2v) is 23.1. The first-order valence-corrected chi connectivity index (χ1v) is 23.3.